The summed E-state index contributed by atoms with van der Waals surface area (Å²) in [6.45, 7) is 0.409. The molecule has 0 bridgehead atoms. The Balaban J connectivity index is 1.70. The fourth-order valence-corrected chi connectivity index (χ4v) is 2.51. The van der Waals surface area contributed by atoms with Crippen LogP contribution in [0.25, 0.3) is 0 Å². The van der Waals surface area contributed by atoms with Gasteiger partial charge in [-0.3, -0.25) is 9.59 Å². The molecule has 1 aromatic heterocycles. The van der Waals surface area contributed by atoms with Gasteiger partial charge < -0.3 is 10.6 Å². The minimum absolute atomic E-state index is 0.0324. The lowest BCUT2D eigenvalue weighted by molar-refractivity contribution is -0.115. The number of nitrogens with one attached hydrogen (secondary N) is 2. The molecular formula is C13H11N3O2S. The topological polar surface area (TPSA) is 71.1 Å². The average Bonchev–Trinajstić information content (AvgIpc) is 3.02. The Morgan fingerprint density at radius 1 is 1.47 bits per heavy atom. The molecule has 0 atom stereocenters. The normalized spacial score (nSPS) is 12.9. The number of carbonyl (C=O) groups excluding carboxylic acids is 2. The van der Waals surface area contributed by atoms with Crippen LogP contribution < -0.4 is 10.6 Å². The first-order chi connectivity index (χ1) is 9.22. The molecule has 2 amide bonds. The molecular weight excluding hydrogens is 262 g/mol. The first-order valence-corrected chi connectivity index (χ1v) is 6.75. The molecule has 96 valence electrons. The molecule has 2 heterocycles. The average molecular weight is 273 g/mol. The highest BCUT2D eigenvalue weighted by molar-refractivity contribution is 7.07. The van der Waals surface area contributed by atoms with Gasteiger partial charge in [0.05, 0.1) is 24.2 Å². The second kappa shape index (κ2) is 4.81. The first kappa shape index (κ1) is 11.9. The minimum Gasteiger partial charge on any atom is -0.346 e. The number of carbonyl (C=O) groups is 2. The van der Waals surface area contributed by atoms with E-state index in [1.54, 1.807) is 17.6 Å². The van der Waals surface area contributed by atoms with E-state index >= 15 is 0 Å². The highest BCUT2D eigenvalue weighted by Gasteiger charge is 2.18. The summed E-state index contributed by atoms with van der Waals surface area (Å²) in [5.74, 6) is -0.202. The van der Waals surface area contributed by atoms with Crippen molar-refractivity contribution in [1.29, 1.82) is 0 Å². The molecule has 0 fully saturated rings. The summed E-state index contributed by atoms with van der Waals surface area (Å²) < 4.78 is 0. The highest BCUT2D eigenvalue weighted by Crippen LogP contribution is 2.23. The monoisotopic (exact) mass is 273 g/mol. The summed E-state index contributed by atoms with van der Waals surface area (Å²) in [6, 6.07) is 5.25. The van der Waals surface area contributed by atoms with Gasteiger partial charge in [-0.2, -0.15) is 0 Å². The van der Waals surface area contributed by atoms with E-state index in [1.807, 2.05) is 11.4 Å². The van der Waals surface area contributed by atoms with Gasteiger partial charge in [-0.15, -0.1) is 11.3 Å². The molecule has 0 saturated heterocycles. The van der Waals surface area contributed by atoms with Crippen molar-refractivity contribution < 1.29 is 9.59 Å². The summed E-state index contributed by atoms with van der Waals surface area (Å²) in [5.41, 5.74) is 4.77. The van der Waals surface area contributed by atoms with Crippen molar-refractivity contribution in [2.45, 2.75) is 13.0 Å². The SMILES string of the molecule is O=C1Cc2ccc(C(=O)NCc3cscn3)cc2N1. The second-order valence-electron chi connectivity index (χ2n) is 4.26. The van der Waals surface area contributed by atoms with Gasteiger partial charge in [-0.05, 0) is 17.7 Å². The van der Waals surface area contributed by atoms with Gasteiger partial charge in [-0.1, -0.05) is 6.07 Å². The van der Waals surface area contributed by atoms with E-state index in [1.165, 1.54) is 11.3 Å². The predicted octanol–water partition coefficient (Wildman–Crippen LogP) is 1.57. The number of hydrogen-bond donors (Lipinski definition) is 2. The Bertz CT molecular complexity index is 637. The number of nitrogens with zero attached hydrogens (tertiary/aromatic N) is 1. The predicted molar refractivity (Wildman–Crippen MR) is 72.1 cm³/mol. The number of rotatable bonds is 3. The molecule has 3 rings (SSSR count). The van der Waals surface area contributed by atoms with E-state index in [0.717, 1.165) is 16.9 Å². The number of aromatic nitrogens is 1. The first-order valence-electron chi connectivity index (χ1n) is 5.80. The van der Waals surface area contributed by atoms with E-state index in [9.17, 15) is 9.59 Å². The summed E-state index contributed by atoms with van der Waals surface area (Å²) in [7, 11) is 0. The van der Waals surface area contributed by atoms with Crippen LogP contribution in [0, 0.1) is 0 Å². The van der Waals surface area contributed by atoms with Crippen LogP contribution in [0.1, 0.15) is 21.6 Å². The van der Waals surface area contributed by atoms with Crippen LogP contribution in [-0.2, 0) is 17.8 Å². The number of anilines is 1. The van der Waals surface area contributed by atoms with Crippen molar-refractivity contribution in [2.24, 2.45) is 0 Å². The van der Waals surface area contributed by atoms with Crippen LogP contribution in [0.5, 0.6) is 0 Å². The molecule has 1 aliphatic rings. The Kier molecular flexibility index (Phi) is 3.00. The number of fused-ring (bicyclic) bond motifs is 1. The fourth-order valence-electron chi connectivity index (χ4n) is 1.95. The maximum absolute atomic E-state index is 12.0. The van der Waals surface area contributed by atoms with Gasteiger partial charge in [0, 0.05) is 16.6 Å². The van der Waals surface area contributed by atoms with Crippen LogP contribution in [-0.4, -0.2) is 16.8 Å². The van der Waals surface area contributed by atoms with Crippen LogP contribution in [0.4, 0.5) is 5.69 Å². The highest BCUT2D eigenvalue weighted by atomic mass is 32.1. The van der Waals surface area contributed by atoms with E-state index < -0.39 is 0 Å². The zero-order chi connectivity index (χ0) is 13.2. The Morgan fingerprint density at radius 3 is 3.16 bits per heavy atom. The smallest absolute Gasteiger partial charge is 0.251 e. The molecule has 0 spiro atoms. The minimum atomic E-state index is -0.169. The van der Waals surface area contributed by atoms with Crippen molar-refractivity contribution in [2.75, 3.05) is 5.32 Å². The van der Waals surface area contributed by atoms with Crippen molar-refractivity contribution in [1.82, 2.24) is 10.3 Å². The van der Waals surface area contributed by atoms with Gasteiger partial charge in [0.2, 0.25) is 5.91 Å². The standard InChI is InChI=1S/C13H11N3O2S/c17-12-4-8-1-2-9(3-11(8)16-12)13(18)14-5-10-6-19-7-15-10/h1-3,6-7H,4-5H2,(H,14,18)(H,16,17). The summed E-state index contributed by atoms with van der Waals surface area (Å²) in [6.07, 6.45) is 0.385. The van der Waals surface area contributed by atoms with Crippen molar-refractivity contribution in [3.8, 4) is 0 Å². The third-order valence-electron chi connectivity index (χ3n) is 2.91. The fraction of sp³-hybridized carbons (Fsp3) is 0.154. The lowest BCUT2D eigenvalue weighted by Crippen LogP contribution is -2.22. The molecule has 0 saturated carbocycles. The van der Waals surface area contributed by atoms with E-state index in [-0.39, 0.29) is 11.8 Å². The number of benzene rings is 1. The van der Waals surface area contributed by atoms with Gasteiger partial charge >= 0.3 is 0 Å². The van der Waals surface area contributed by atoms with Crippen molar-refractivity contribution in [3.05, 3.63) is 45.9 Å². The maximum atomic E-state index is 12.0. The largest absolute Gasteiger partial charge is 0.346 e. The van der Waals surface area contributed by atoms with Crippen molar-refractivity contribution >= 4 is 28.8 Å². The van der Waals surface area contributed by atoms with E-state index in [0.29, 0.717) is 18.5 Å². The Morgan fingerprint density at radius 2 is 2.37 bits per heavy atom. The zero-order valence-corrected chi connectivity index (χ0v) is 10.8. The van der Waals surface area contributed by atoms with Crippen LogP contribution in [0.2, 0.25) is 0 Å². The molecule has 1 aliphatic heterocycles. The zero-order valence-electron chi connectivity index (χ0n) is 9.97. The third-order valence-corrected chi connectivity index (χ3v) is 3.55. The molecule has 6 heteroatoms. The van der Waals surface area contributed by atoms with Crippen LogP contribution >= 0.6 is 11.3 Å². The second-order valence-corrected chi connectivity index (χ2v) is 4.98. The quantitative estimate of drug-likeness (QED) is 0.891. The summed E-state index contributed by atoms with van der Waals surface area (Å²) in [4.78, 5) is 27.3. The molecule has 0 aliphatic carbocycles. The molecule has 0 radical (unpaired) electrons. The van der Waals surface area contributed by atoms with Gasteiger partial charge in [0.15, 0.2) is 0 Å². The van der Waals surface area contributed by atoms with E-state index in [4.69, 9.17) is 0 Å². The van der Waals surface area contributed by atoms with Gasteiger partial charge in [-0.25, -0.2) is 4.98 Å². The molecule has 5 nitrogen and oxygen atoms in total. The molecule has 2 aromatic rings. The van der Waals surface area contributed by atoms with Crippen LogP contribution in [0.15, 0.2) is 29.1 Å². The van der Waals surface area contributed by atoms with Crippen molar-refractivity contribution in [3.63, 3.8) is 0 Å². The third kappa shape index (κ3) is 2.48. The van der Waals surface area contributed by atoms with Gasteiger partial charge in [0.1, 0.15) is 0 Å². The number of thiazole rings is 1. The lowest BCUT2D eigenvalue weighted by Gasteiger charge is -2.05. The summed E-state index contributed by atoms with van der Waals surface area (Å²) >= 11 is 1.49. The molecule has 19 heavy (non-hydrogen) atoms. The van der Waals surface area contributed by atoms with E-state index in [2.05, 4.69) is 15.6 Å². The Labute approximate surface area is 113 Å². The van der Waals surface area contributed by atoms with Crippen LogP contribution in [0.3, 0.4) is 0 Å². The Hall–Kier alpha value is -2.21. The van der Waals surface area contributed by atoms with Gasteiger partial charge in [0.25, 0.3) is 5.91 Å². The molecule has 2 N–H and O–H groups in total. The molecule has 0 unspecified atom stereocenters. The summed E-state index contributed by atoms with van der Waals surface area (Å²) in [5, 5.41) is 7.42. The number of hydrogen-bond acceptors (Lipinski definition) is 4. The lowest BCUT2D eigenvalue weighted by atomic mass is 10.1. The number of amides is 2. The molecule has 1 aromatic carbocycles. The maximum Gasteiger partial charge on any atom is 0.251 e.